The molecule has 1 aliphatic carbocycles. The third kappa shape index (κ3) is 3.71. The lowest BCUT2D eigenvalue weighted by molar-refractivity contribution is -0.122. The molecule has 0 amide bonds. The van der Waals surface area contributed by atoms with Crippen molar-refractivity contribution in [2.24, 2.45) is 10.5 Å². The average molecular weight is 493 g/mol. The van der Waals surface area contributed by atoms with Crippen LogP contribution < -0.4 is 5.01 Å². The predicted molar refractivity (Wildman–Crippen MR) is 140 cm³/mol. The summed E-state index contributed by atoms with van der Waals surface area (Å²) in [5.74, 6) is -0.0856. The Morgan fingerprint density at radius 2 is 1.33 bits per heavy atom. The molecule has 6 heteroatoms. The smallest absolute Gasteiger partial charge is 0.134 e. The van der Waals surface area contributed by atoms with E-state index < -0.39 is 5.41 Å². The molecule has 1 fully saturated rings. The lowest BCUT2D eigenvalue weighted by Crippen LogP contribution is -2.51. The minimum atomic E-state index is -0.624. The number of carbonyl (C=O) groups excluding carboxylic acids is 1. The first-order valence-electron chi connectivity index (χ1n) is 10.9. The minimum absolute atomic E-state index is 0.151. The Kier molecular flexibility index (Phi) is 5.86. The maximum atomic E-state index is 13.1. The molecule has 2 unspecified atom stereocenters. The van der Waals surface area contributed by atoms with Crippen LogP contribution in [0.25, 0.3) is 0 Å². The van der Waals surface area contributed by atoms with Crippen LogP contribution in [0.2, 0.25) is 10.0 Å². The molecule has 2 aliphatic rings. The molecule has 0 bridgehead atoms. The molecule has 0 radical (unpaired) electrons. The van der Waals surface area contributed by atoms with E-state index in [9.17, 15) is 4.79 Å². The third-order valence-electron chi connectivity index (χ3n) is 6.90. The Hall–Kier alpha value is -2.53. The fraction of sp³-hybridized carbons (Fsp3) is 0.222. The highest BCUT2D eigenvalue weighted by Crippen LogP contribution is 2.58. The third-order valence-corrected chi connectivity index (χ3v) is 7.92. The summed E-state index contributed by atoms with van der Waals surface area (Å²) in [6.07, 6.45) is 0.808. The standard InChI is InChI=1S/C27H22Cl2N2OS/c1-17-27(26(33)31(30-17)22-5-3-2-4-6-22)24(18-7-11-20(28)12-8-18)15-23(32)16-25(27)19-9-13-21(29)14-10-19/h2-14,24-25H,15-16H2,1H3. The Morgan fingerprint density at radius 1 is 0.848 bits per heavy atom. The van der Waals surface area contributed by atoms with Crippen molar-refractivity contribution in [3.63, 3.8) is 0 Å². The van der Waals surface area contributed by atoms with Crippen LogP contribution in [-0.2, 0) is 4.79 Å². The Morgan fingerprint density at radius 3 is 1.82 bits per heavy atom. The van der Waals surface area contributed by atoms with Gasteiger partial charge in [0.25, 0.3) is 0 Å². The fourth-order valence-electron chi connectivity index (χ4n) is 5.41. The molecular weight excluding hydrogens is 471 g/mol. The molecule has 1 spiro atoms. The largest absolute Gasteiger partial charge is 0.300 e. The van der Waals surface area contributed by atoms with Gasteiger partial charge in [-0.1, -0.05) is 77.9 Å². The van der Waals surface area contributed by atoms with Crippen LogP contribution in [0.3, 0.4) is 0 Å². The van der Waals surface area contributed by atoms with Gasteiger partial charge >= 0.3 is 0 Å². The molecule has 166 valence electrons. The summed E-state index contributed by atoms with van der Waals surface area (Å²) < 4.78 is 0. The summed E-state index contributed by atoms with van der Waals surface area (Å²) in [6, 6.07) is 25.5. The van der Waals surface area contributed by atoms with E-state index in [2.05, 4.69) is 0 Å². The van der Waals surface area contributed by atoms with E-state index >= 15 is 0 Å². The molecule has 1 heterocycles. The van der Waals surface area contributed by atoms with Crippen LogP contribution in [0.5, 0.6) is 0 Å². The van der Waals surface area contributed by atoms with Crippen LogP contribution >= 0.6 is 35.4 Å². The van der Waals surface area contributed by atoms with Crippen molar-refractivity contribution < 1.29 is 4.79 Å². The molecule has 0 N–H and O–H groups in total. The number of carbonyl (C=O) groups is 1. The highest BCUT2D eigenvalue weighted by molar-refractivity contribution is 7.80. The number of rotatable bonds is 3. The average Bonchev–Trinajstić information content (AvgIpc) is 3.08. The number of ketones is 1. The van der Waals surface area contributed by atoms with Gasteiger partial charge in [-0.05, 0) is 54.4 Å². The number of benzene rings is 3. The number of anilines is 1. The van der Waals surface area contributed by atoms with Crippen LogP contribution in [0.1, 0.15) is 42.7 Å². The molecule has 1 aliphatic heterocycles. The number of hydrogen-bond donors (Lipinski definition) is 0. The van der Waals surface area contributed by atoms with Gasteiger partial charge in [-0.2, -0.15) is 5.10 Å². The zero-order valence-corrected chi connectivity index (χ0v) is 20.4. The highest BCUT2D eigenvalue weighted by Gasteiger charge is 2.60. The van der Waals surface area contributed by atoms with E-state index in [0.717, 1.165) is 27.5 Å². The summed E-state index contributed by atoms with van der Waals surface area (Å²) in [7, 11) is 0. The van der Waals surface area contributed by atoms with Crippen molar-refractivity contribution >= 4 is 57.6 Å². The van der Waals surface area contributed by atoms with Gasteiger partial charge in [0.2, 0.25) is 0 Å². The van der Waals surface area contributed by atoms with Gasteiger partial charge in [0.15, 0.2) is 0 Å². The molecule has 3 aromatic rings. The first-order valence-corrected chi connectivity index (χ1v) is 12.1. The normalized spacial score (nSPS) is 24.9. The van der Waals surface area contributed by atoms with Crippen molar-refractivity contribution in [1.29, 1.82) is 0 Å². The van der Waals surface area contributed by atoms with Crippen molar-refractivity contribution in [3.05, 3.63) is 100 Å². The van der Waals surface area contributed by atoms with E-state index in [-0.39, 0.29) is 17.6 Å². The summed E-state index contributed by atoms with van der Waals surface area (Å²) in [4.78, 5) is 13.8. The second-order valence-corrected chi connectivity index (χ2v) is 9.92. The van der Waals surface area contributed by atoms with Gasteiger partial charge < -0.3 is 0 Å². The Balaban J connectivity index is 1.72. The molecule has 3 aromatic carbocycles. The van der Waals surface area contributed by atoms with Gasteiger partial charge in [0.1, 0.15) is 10.8 Å². The maximum Gasteiger partial charge on any atom is 0.134 e. The number of para-hydroxylation sites is 1. The monoisotopic (exact) mass is 492 g/mol. The molecule has 1 saturated carbocycles. The minimum Gasteiger partial charge on any atom is -0.300 e. The number of nitrogens with zero attached hydrogens (tertiary/aromatic N) is 2. The van der Waals surface area contributed by atoms with E-state index in [0.29, 0.717) is 22.9 Å². The number of halogens is 2. The molecule has 5 rings (SSSR count). The lowest BCUT2D eigenvalue weighted by atomic mass is 9.54. The van der Waals surface area contributed by atoms with E-state index in [1.165, 1.54) is 0 Å². The number of thiocarbonyl (C=S) groups is 1. The fourth-order valence-corrected chi connectivity index (χ4v) is 6.24. The second kappa shape index (κ2) is 8.68. The van der Waals surface area contributed by atoms with E-state index in [4.69, 9.17) is 40.5 Å². The number of Topliss-reactive ketones (excluding diaryl/α,β-unsaturated/α-hetero) is 1. The van der Waals surface area contributed by atoms with Gasteiger partial charge in [0, 0.05) is 34.7 Å². The zero-order valence-electron chi connectivity index (χ0n) is 18.0. The number of hydrazone groups is 1. The van der Waals surface area contributed by atoms with E-state index in [1.807, 2.05) is 90.8 Å². The summed E-state index contributed by atoms with van der Waals surface area (Å²) in [5.41, 5.74) is 3.29. The predicted octanol–water partition coefficient (Wildman–Crippen LogP) is 7.43. The van der Waals surface area contributed by atoms with Gasteiger partial charge in [0.05, 0.1) is 16.8 Å². The van der Waals surface area contributed by atoms with Gasteiger partial charge in [-0.15, -0.1) is 0 Å². The molecule has 3 nitrogen and oxygen atoms in total. The Labute approximate surface area is 209 Å². The molecule has 0 saturated heterocycles. The van der Waals surface area contributed by atoms with Crippen LogP contribution in [0.4, 0.5) is 5.69 Å². The summed E-state index contributed by atoms with van der Waals surface area (Å²) >= 11 is 18.6. The van der Waals surface area contributed by atoms with Crippen LogP contribution in [0, 0.1) is 5.41 Å². The van der Waals surface area contributed by atoms with Crippen molar-refractivity contribution in [1.82, 2.24) is 0 Å². The van der Waals surface area contributed by atoms with Crippen LogP contribution in [-0.4, -0.2) is 16.5 Å². The lowest BCUT2D eigenvalue weighted by Gasteiger charge is -2.47. The van der Waals surface area contributed by atoms with Crippen LogP contribution in [0.15, 0.2) is 84.0 Å². The summed E-state index contributed by atoms with van der Waals surface area (Å²) in [6.45, 7) is 2.04. The number of hydrogen-bond acceptors (Lipinski definition) is 3. The topological polar surface area (TPSA) is 32.7 Å². The SMILES string of the molecule is CC1=NN(c2ccccc2)C(=S)C12C(c1ccc(Cl)cc1)CC(=O)CC2c1ccc(Cl)cc1. The highest BCUT2D eigenvalue weighted by atomic mass is 35.5. The van der Waals surface area contributed by atoms with E-state index in [1.54, 1.807) is 0 Å². The van der Waals surface area contributed by atoms with Crippen molar-refractivity contribution in [3.8, 4) is 0 Å². The zero-order chi connectivity index (χ0) is 23.2. The molecule has 33 heavy (non-hydrogen) atoms. The van der Waals surface area contributed by atoms with Gasteiger partial charge in [-0.3, -0.25) is 4.79 Å². The molecular formula is C27H22Cl2N2OS. The van der Waals surface area contributed by atoms with Crippen molar-refractivity contribution in [2.45, 2.75) is 31.6 Å². The maximum absolute atomic E-state index is 13.1. The first kappa shape index (κ1) is 22.3. The molecule has 2 atom stereocenters. The quantitative estimate of drug-likeness (QED) is 0.356. The van der Waals surface area contributed by atoms with Crippen molar-refractivity contribution in [2.75, 3.05) is 5.01 Å². The summed E-state index contributed by atoms with van der Waals surface area (Å²) in [5, 5.41) is 8.16. The second-order valence-electron chi connectivity index (χ2n) is 8.66. The van der Waals surface area contributed by atoms with Gasteiger partial charge in [-0.25, -0.2) is 5.01 Å². The molecule has 0 aromatic heterocycles. The Bertz CT molecular complexity index is 1180. The first-order chi connectivity index (χ1) is 15.9.